The maximum absolute atomic E-state index is 13.2. The SMILES string of the molecule is CC1=C(N)[C@@H](c2ccc(C#N)cc2C(O)CO)N(C(N)=O)C(=N)N1c1cccc(C(F)(F)F)c1. The minimum absolute atomic E-state index is 0.0386. The maximum Gasteiger partial charge on any atom is 0.416 e. The summed E-state index contributed by atoms with van der Waals surface area (Å²) in [4.78, 5) is 14.3. The van der Waals surface area contributed by atoms with Crippen LogP contribution < -0.4 is 16.4 Å². The highest BCUT2D eigenvalue weighted by Crippen LogP contribution is 2.40. The summed E-state index contributed by atoms with van der Waals surface area (Å²) in [5.74, 6) is -0.572. The molecule has 178 valence electrons. The Labute approximate surface area is 192 Å². The molecule has 0 bridgehead atoms. The minimum atomic E-state index is -4.64. The fourth-order valence-corrected chi connectivity index (χ4v) is 3.81. The fourth-order valence-electron chi connectivity index (χ4n) is 3.81. The first-order chi connectivity index (χ1) is 15.9. The Hall–Kier alpha value is -4.08. The molecule has 1 aliphatic heterocycles. The number of aliphatic hydroxyl groups excluding tert-OH is 2. The van der Waals surface area contributed by atoms with Crippen LogP contribution in [-0.4, -0.2) is 33.7 Å². The van der Waals surface area contributed by atoms with Gasteiger partial charge in [-0.25, -0.2) is 4.79 Å². The molecule has 0 fully saturated rings. The molecule has 2 aromatic rings. The average Bonchev–Trinajstić information content (AvgIpc) is 2.79. The highest BCUT2D eigenvalue weighted by molar-refractivity contribution is 6.07. The van der Waals surface area contributed by atoms with Gasteiger partial charge in [0.15, 0.2) is 0 Å². The van der Waals surface area contributed by atoms with E-state index in [-0.39, 0.29) is 33.8 Å². The number of hydrogen-bond acceptors (Lipinski definition) is 6. The van der Waals surface area contributed by atoms with Gasteiger partial charge in [-0.2, -0.15) is 18.4 Å². The number of alkyl halides is 3. The van der Waals surface area contributed by atoms with Crippen molar-refractivity contribution >= 4 is 17.7 Å². The Morgan fingerprint density at radius 1 is 1.29 bits per heavy atom. The van der Waals surface area contributed by atoms with Gasteiger partial charge >= 0.3 is 12.2 Å². The van der Waals surface area contributed by atoms with Gasteiger partial charge in [-0.3, -0.25) is 15.2 Å². The zero-order chi connectivity index (χ0) is 25.4. The third kappa shape index (κ3) is 4.26. The number of nitriles is 1. The molecular formula is C22H21F3N6O3. The van der Waals surface area contributed by atoms with Crippen LogP contribution >= 0.6 is 0 Å². The number of guanidine groups is 1. The van der Waals surface area contributed by atoms with E-state index in [2.05, 4.69) is 0 Å². The Kier molecular flexibility index (Phi) is 6.53. The summed E-state index contributed by atoms with van der Waals surface area (Å²) in [6, 6.07) is 7.82. The van der Waals surface area contributed by atoms with Crippen molar-refractivity contribution in [2.75, 3.05) is 11.5 Å². The number of primary amides is 1. The number of rotatable bonds is 4. The third-order valence-electron chi connectivity index (χ3n) is 5.46. The van der Waals surface area contributed by atoms with Gasteiger partial charge in [0, 0.05) is 11.4 Å². The Bertz CT molecular complexity index is 1220. The first-order valence-electron chi connectivity index (χ1n) is 9.86. The zero-order valence-corrected chi connectivity index (χ0v) is 17.8. The first-order valence-corrected chi connectivity index (χ1v) is 9.86. The maximum atomic E-state index is 13.2. The van der Waals surface area contributed by atoms with Crippen molar-refractivity contribution in [2.24, 2.45) is 11.5 Å². The fraction of sp³-hybridized carbons (Fsp3) is 0.227. The van der Waals surface area contributed by atoms with Crippen molar-refractivity contribution < 1.29 is 28.2 Å². The molecule has 2 atom stereocenters. The van der Waals surface area contributed by atoms with Crippen LogP contribution in [0.25, 0.3) is 0 Å². The van der Waals surface area contributed by atoms with Gasteiger partial charge in [0.25, 0.3) is 0 Å². The molecule has 0 aliphatic carbocycles. The average molecular weight is 474 g/mol. The molecule has 2 amide bonds. The lowest BCUT2D eigenvalue weighted by Crippen LogP contribution is -2.55. The summed E-state index contributed by atoms with van der Waals surface area (Å²) >= 11 is 0. The van der Waals surface area contributed by atoms with Crippen molar-refractivity contribution in [1.82, 2.24) is 4.90 Å². The number of allylic oxidation sites excluding steroid dienone is 1. The Balaban J connectivity index is 2.24. The van der Waals surface area contributed by atoms with E-state index in [4.69, 9.17) is 16.9 Å². The standard InChI is InChI=1S/C22H21F3N6O3/c1-11-18(27)19(15-6-5-12(9-26)7-16(15)17(33)10-32)31(21(29)34)20(28)30(11)14-4-2-3-13(8-14)22(23,24)25/h2-8,17,19,28,32-33H,10,27H2,1H3,(H2,29,34)/t17?,19-/m1/s1. The molecular weight excluding hydrogens is 453 g/mol. The van der Waals surface area contributed by atoms with E-state index in [1.54, 1.807) is 0 Å². The largest absolute Gasteiger partial charge is 0.416 e. The van der Waals surface area contributed by atoms with Gasteiger partial charge in [-0.05, 0) is 48.4 Å². The van der Waals surface area contributed by atoms with E-state index in [1.807, 2.05) is 6.07 Å². The molecule has 7 N–H and O–H groups in total. The smallest absolute Gasteiger partial charge is 0.399 e. The molecule has 1 unspecified atom stereocenters. The highest BCUT2D eigenvalue weighted by Gasteiger charge is 2.41. The van der Waals surface area contributed by atoms with E-state index in [9.17, 15) is 33.4 Å². The van der Waals surface area contributed by atoms with Crippen molar-refractivity contribution in [1.29, 1.82) is 10.7 Å². The topological polar surface area (TPSA) is 164 Å². The normalized spacial score (nSPS) is 17.6. The second-order valence-corrected chi connectivity index (χ2v) is 7.51. The van der Waals surface area contributed by atoms with Gasteiger partial charge in [-0.15, -0.1) is 0 Å². The lowest BCUT2D eigenvalue weighted by Gasteiger charge is -2.43. The predicted molar refractivity (Wildman–Crippen MR) is 116 cm³/mol. The van der Waals surface area contributed by atoms with Crippen LogP contribution in [0.15, 0.2) is 53.9 Å². The molecule has 3 rings (SSSR count). The molecule has 9 nitrogen and oxygen atoms in total. The summed E-state index contributed by atoms with van der Waals surface area (Å²) in [7, 11) is 0. The second-order valence-electron chi connectivity index (χ2n) is 7.51. The number of amides is 2. The summed E-state index contributed by atoms with van der Waals surface area (Å²) in [6.45, 7) is 0.753. The molecule has 0 saturated heterocycles. The summed E-state index contributed by atoms with van der Waals surface area (Å²) in [6.07, 6.45) is -6.08. The lowest BCUT2D eigenvalue weighted by molar-refractivity contribution is -0.137. The van der Waals surface area contributed by atoms with Crippen LogP contribution in [0.5, 0.6) is 0 Å². The van der Waals surface area contributed by atoms with Crippen LogP contribution in [0.4, 0.5) is 23.7 Å². The number of carbonyl (C=O) groups is 1. The number of nitrogens with one attached hydrogen (secondary N) is 1. The van der Waals surface area contributed by atoms with Gasteiger partial charge in [0.2, 0.25) is 5.96 Å². The molecule has 1 aliphatic rings. The molecule has 0 radical (unpaired) electrons. The summed E-state index contributed by atoms with van der Waals surface area (Å²) in [5.41, 5.74) is 11.4. The van der Waals surface area contributed by atoms with Crippen molar-refractivity contribution in [2.45, 2.75) is 25.2 Å². The van der Waals surface area contributed by atoms with E-state index < -0.39 is 42.5 Å². The zero-order valence-electron chi connectivity index (χ0n) is 17.8. The highest BCUT2D eigenvalue weighted by atomic mass is 19.4. The van der Waals surface area contributed by atoms with E-state index in [0.29, 0.717) is 0 Å². The monoisotopic (exact) mass is 474 g/mol. The van der Waals surface area contributed by atoms with Crippen LogP contribution in [0.1, 0.15) is 41.3 Å². The molecule has 34 heavy (non-hydrogen) atoms. The molecule has 0 saturated carbocycles. The van der Waals surface area contributed by atoms with Gasteiger partial charge < -0.3 is 21.7 Å². The number of carbonyl (C=O) groups excluding carboxylic acids is 1. The third-order valence-corrected chi connectivity index (χ3v) is 5.46. The number of aliphatic hydroxyl groups is 2. The van der Waals surface area contributed by atoms with Gasteiger partial charge in [-0.1, -0.05) is 12.1 Å². The van der Waals surface area contributed by atoms with Crippen LogP contribution in [-0.2, 0) is 6.18 Å². The summed E-state index contributed by atoms with van der Waals surface area (Å²) in [5, 5.41) is 37.6. The molecule has 0 spiro atoms. The number of anilines is 1. The number of hydrogen-bond donors (Lipinski definition) is 5. The van der Waals surface area contributed by atoms with Gasteiger partial charge in [0.05, 0.1) is 29.5 Å². The number of benzene rings is 2. The summed E-state index contributed by atoms with van der Waals surface area (Å²) < 4.78 is 39.7. The number of nitrogens with zero attached hydrogens (tertiary/aromatic N) is 3. The number of urea groups is 1. The van der Waals surface area contributed by atoms with Crippen LogP contribution in [0, 0.1) is 16.7 Å². The van der Waals surface area contributed by atoms with Crippen molar-refractivity contribution in [3.05, 3.63) is 76.1 Å². The number of halogens is 3. The second kappa shape index (κ2) is 9.05. The number of nitrogens with two attached hydrogens (primary N) is 2. The molecule has 2 aromatic carbocycles. The predicted octanol–water partition coefficient (Wildman–Crippen LogP) is 2.67. The molecule has 1 heterocycles. The van der Waals surface area contributed by atoms with E-state index >= 15 is 0 Å². The molecule has 0 aromatic heterocycles. The van der Waals surface area contributed by atoms with Crippen molar-refractivity contribution in [3.63, 3.8) is 0 Å². The van der Waals surface area contributed by atoms with Crippen LogP contribution in [0.3, 0.4) is 0 Å². The van der Waals surface area contributed by atoms with E-state index in [0.717, 1.165) is 28.0 Å². The lowest BCUT2D eigenvalue weighted by atomic mass is 9.90. The first kappa shape index (κ1) is 24.6. The van der Waals surface area contributed by atoms with Gasteiger partial charge in [0.1, 0.15) is 12.1 Å². The van der Waals surface area contributed by atoms with Crippen LogP contribution in [0.2, 0.25) is 0 Å². The Morgan fingerprint density at radius 2 is 1.97 bits per heavy atom. The van der Waals surface area contributed by atoms with Crippen molar-refractivity contribution in [3.8, 4) is 6.07 Å². The minimum Gasteiger partial charge on any atom is -0.399 e. The quantitative estimate of drug-likeness (QED) is 0.457. The van der Waals surface area contributed by atoms with E-state index in [1.165, 1.54) is 31.2 Å². The molecule has 12 heteroatoms. The Morgan fingerprint density at radius 3 is 2.53 bits per heavy atom.